The second-order valence-corrected chi connectivity index (χ2v) is 5.27. The maximum atomic E-state index is 6.20. The summed E-state index contributed by atoms with van der Waals surface area (Å²) in [7, 11) is 3.83. The second kappa shape index (κ2) is 6.37. The minimum Gasteiger partial charge on any atom is -0.316 e. The Hall–Kier alpha value is -1.10. The zero-order valence-electron chi connectivity index (χ0n) is 10.9. The highest BCUT2D eigenvalue weighted by atomic mass is 35.5. The molecule has 2 rings (SSSR count). The third-order valence-electron chi connectivity index (χ3n) is 3.12. The first kappa shape index (κ1) is 14.3. The van der Waals surface area contributed by atoms with Gasteiger partial charge in [0.05, 0.1) is 0 Å². The first-order valence-electron chi connectivity index (χ1n) is 6.04. The molecule has 6 heteroatoms. The molecule has 1 aromatic carbocycles. The molecule has 19 heavy (non-hydrogen) atoms. The van der Waals surface area contributed by atoms with Crippen LogP contribution in [0.2, 0.25) is 10.0 Å². The van der Waals surface area contributed by atoms with Crippen LogP contribution in [-0.4, -0.2) is 27.9 Å². The van der Waals surface area contributed by atoms with Crippen LogP contribution in [0.25, 0.3) is 0 Å². The van der Waals surface area contributed by atoms with Crippen LogP contribution in [0.4, 0.5) is 0 Å². The summed E-state index contributed by atoms with van der Waals surface area (Å²) in [6.07, 6.45) is 3.18. The molecule has 0 amide bonds. The van der Waals surface area contributed by atoms with Gasteiger partial charge in [0, 0.05) is 29.6 Å². The second-order valence-electron chi connectivity index (χ2n) is 4.43. The van der Waals surface area contributed by atoms with Crippen LogP contribution >= 0.6 is 23.2 Å². The molecule has 102 valence electrons. The molecular formula is C13H16Cl2N4. The molecule has 1 aromatic heterocycles. The number of benzene rings is 1. The minimum atomic E-state index is 0.251. The van der Waals surface area contributed by atoms with Crippen molar-refractivity contribution < 1.29 is 0 Å². The van der Waals surface area contributed by atoms with Gasteiger partial charge in [0.2, 0.25) is 0 Å². The topological polar surface area (TPSA) is 42.7 Å². The molecule has 1 atom stereocenters. The first-order valence-corrected chi connectivity index (χ1v) is 6.80. The van der Waals surface area contributed by atoms with Crippen molar-refractivity contribution in [1.82, 2.24) is 20.1 Å². The van der Waals surface area contributed by atoms with Crippen LogP contribution in [0, 0.1) is 0 Å². The number of nitrogens with zero attached hydrogens (tertiary/aromatic N) is 3. The third kappa shape index (κ3) is 3.69. The highest BCUT2D eigenvalue weighted by molar-refractivity contribution is 6.35. The molecule has 1 unspecified atom stereocenters. The summed E-state index contributed by atoms with van der Waals surface area (Å²) in [4.78, 5) is 4.24. The maximum absolute atomic E-state index is 6.20. The normalized spacial score (nSPS) is 12.6. The number of aryl methyl sites for hydroxylation is 1. The van der Waals surface area contributed by atoms with E-state index in [1.165, 1.54) is 0 Å². The van der Waals surface area contributed by atoms with Gasteiger partial charge in [0.15, 0.2) is 0 Å². The van der Waals surface area contributed by atoms with Crippen LogP contribution in [0.15, 0.2) is 24.5 Å². The number of hydrogen-bond donors (Lipinski definition) is 1. The van der Waals surface area contributed by atoms with Crippen LogP contribution in [-0.2, 0) is 19.9 Å². The van der Waals surface area contributed by atoms with E-state index in [-0.39, 0.29) is 6.04 Å². The van der Waals surface area contributed by atoms with Gasteiger partial charge in [0.1, 0.15) is 12.2 Å². The Labute approximate surface area is 122 Å². The van der Waals surface area contributed by atoms with Crippen molar-refractivity contribution in [3.63, 3.8) is 0 Å². The van der Waals surface area contributed by atoms with Crippen molar-refractivity contribution in [2.24, 2.45) is 7.05 Å². The van der Waals surface area contributed by atoms with Gasteiger partial charge >= 0.3 is 0 Å². The zero-order chi connectivity index (χ0) is 13.8. The number of likely N-dealkylation sites (N-methyl/N-ethyl adjacent to an activating group) is 1. The highest BCUT2D eigenvalue weighted by Gasteiger charge is 2.13. The molecule has 4 nitrogen and oxygen atoms in total. The van der Waals surface area contributed by atoms with Crippen molar-refractivity contribution in [2.45, 2.75) is 18.9 Å². The average molecular weight is 299 g/mol. The molecule has 0 radical (unpaired) electrons. The molecule has 0 aliphatic rings. The van der Waals surface area contributed by atoms with Crippen molar-refractivity contribution in [2.75, 3.05) is 7.05 Å². The van der Waals surface area contributed by atoms with Gasteiger partial charge in [-0.25, -0.2) is 4.98 Å². The van der Waals surface area contributed by atoms with Crippen LogP contribution in [0.1, 0.15) is 11.4 Å². The quantitative estimate of drug-likeness (QED) is 0.922. The molecule has 1 heterocycles. The summed E-state index contributed by atoms with van der Waals surface area (Å²) < 4.78 is 1.79. The summed E-state index contributed by atoms with van der Waals surface area (Å²) >= 11 is 12.1. The summed E-state index contributed by atoms with van der Waals surface area (Å²) in [6.45, 7) is 0. The Morgan fingerprint density at radius 3 is 2.68 bits per heavy atom. The Balaban J connectivity index is 2.09. The van der Waals surface area contributed by atoms with E-state index in [9.17, 15) is 0 Å². The maximum Gasteiger partial charge on any atom is 0.138 e. The number of nitrogens with one attached hydrogen (secondary N) is 1. The van der Waals surface area contributed by atoms with Crippen LogP contribution < -0.4 is 5.32 Å². The number of aromatic nitrogens is 3. The van der Waals surface area contributed by atoms with Gasteiger partial charge in [-0.05, 0) is 31.2 Å². The summed E-state index contributed by atoms with van der Waals surface area (Å²) in [6, 6.07) is 5.85. The van der Waals surface area contributed by atoms with Gasteiger partial charge in [-0.2, -0.15) is 5.10 Å². The Morgan fingerprint density at radius 1 is 1.32 bits per heavy atom. The molecule has 0 saturated carbocycles. The van der Waals surface area contributed by atoms with Crippen LogP contribution in [0.3, 0.4) is 0 Å². The number of hydrogen-bond acceptors (Lipinski definition) is 3. The predicted octanol–water partition coefficient (Wildman–Crippen LogP) is 2.50. The molecule has 0 aliphatic carbocycles. The summed E-state index contributed by atoms with van der Waals surface area (Å²) in [5.74, 6) is 0.949. The van der Waals surface area contributed by atoms with Crippen LogP contribution in [0.5, 0.6) is 0 Å². The van der Waals surface area contributed by atoms with Crippen molar-refractivity contribution in [3.05, 3.63) is 46.0 Å². The van der Waals surface area contributed by atoms with E-state index < -0.39 is 0 Å². The molecule has 0 spiro atoms. The molecule has 0 aliphatic heterocycles. The fourth-order valence-corrected chi connectivity index (χ4v) is 2.44. The monoisotopic (exact) mass is 298 g/mol. The zero-order valence-corrected chi connectivity index (χ0v) is 12.4. The SMILES string of the molecule is CNC(Cc1ccc(Cl)cc1Cl)Cc1ncnn1C. The van der Waals surface area contributed by atoms with Gasteiger partial charge in [0.25, 0.3) is 0 Å². The van der Waals surface area contributed by atoms with E-state index in [1.54, 1.807) is 17.1 Å². The van der Waals surface area contributed by atoms with Crippen molar-refractivity contribution in [1.29, 1.82) is 0 Å². The van der Waals surface area contributed by atoms with Gasteiger partial charge in [-0.3, -0.25) is 4.68 Å². The smallest absolute Gasteiger partial charge is 0.138 e. The Bertz CT molecular complexity index is 553. The van der Waals surface area contributed by atoms with E-state index in [0.717, 1.165) is 24.2 Å². The molecule has 2 aromatic rings. The third-order valence-corrected chi connectivity index (χ3v) is 3.71. The number of rotatable bonds is 5. The summed E-state index contributed by atoms with van der Waals surface area (Å²) in [5, 5.41) is 8.71. The lowest BCUT2D eigenvalue weighted by Crippen LogP contribution is -2.31. The standard InChI is InChI=1S/C13H16Cl2N4/c1-16-11(7-13-17-8-18-19(13)2)5-9-3-4-10(14)6-12(9)15/h3-4,6,8,11,16H,5,7H2,1-2H3. The lowest BCUT2D eigenvalue weighted by atomic mass is 10.0. The van der Waals surface area contributed by atoms with Crippen molar-refractivity contribution >= 4 is 23.2 Å². The van der Waals surface area contributed by atoms with E-state index >= 15 is 0 Å². The molecule has 0 saturated heterocycles. The highest BCUT2D eigenvalue weighted by Crippen LogP contribution is 2.22. The van der Waals surface area contributed by atoms with E-state index in [4.69, 9.17) is 23.2 Å². The average Bonchev–Trinajstić information content (AvgIpc) is 2.77. The van der Waals surface area contributed by atoms with E-state index in [1.807, 2.05) is 26.2 Å². The van der Waals surface area contributed by atoms with E-state index in [2.05, 4.69) is 15.4 Å². The Kier molecular flexibility index (Phi) is 4.80. The lowest BCUT2D eigenvalue weighted by Gasteiger charge is -2.16. The fraction of sp³-hybridized carbons (Fsp3) is 0.385. The van der Waals surface area contributed by atoms with E-state index in [0.29, 0.717) is 10.0 Å². The summed E-state index contributed by atoms with van der Waals surface area (Å²) in [5.41, 5.74) is 1.08. The van der Waals surface area contributed by atoms with Gasteiger partial charge in [-0.15, -0.1) is 0 Å². The predicted molar refractivity (Wildman–Crippen MR) is 77.7 cm³/mol. The number of halogens is 2. The van der Waals surface area contributed by atoms with Crippen molar-refractivity contribution in [3.8, 4) is 0 Å². The lowest BCUT2D eigenvalue weighted by molar-refractivity contribution is 0.527. The molecule has 0 fully saturated rings. The Morgan fingerprint density at radius 2 is 2.11 bits per heavy atom. The van der Waals surface area contributed by atoms with Gasteiger partial charge in [-0.1, -0.05) is 29.3 Å². The molecule has 0 bridgehead atoms. The minimum absolute atomic E-state index is 0.251. The first-order chi connectivity index (χ1) is 9.10. The molecular weight excluding hydrogens is 283 g/mol. The molecule has 1 N–H and O–H groups in total. The van der Waals surface area contributed by atoms with Gasteiger partial charge < -0.3 is 5.32 Å². The largest absolute Gasteiger partial charge is 0.316 e. The fourth-order valence-electron chi connectivity index (χ4n) is 1.95.